The molecule has 0 amide bonds. The van der Waals surface area contributed by atoms with Gasteiger partial charge in [-0.15, -0.1) is 0 Å². The van der Waals surface area contributed by atoms with Crippen LogP contribution in [0.1, 0.15) is 40.0 Å². The monoisotopic (exact) mass is 566 g/mol. The molecule has 0 aliphatic carbocycles. The maximum Gasteiger partial charge on any atom is 0.193 e. The van der Waals surface area contributed by atoms with Gasteiger partial charge in [-0.3, -0.25) is 4.79 Å². The van der Waals surface area contributed by atoms with Crippen LogP contribution >= 0.6 is 0 Å². The van der Waals surface area contributed by atoms with E-state index < -0.39 is 6.04 Å². The number of nitrogens with zero attached hydrogens (tertiary/aromatic N) is 1. The fraction of sp³-hybridized carbons (Fsp3) is 0.132. The lowest BCUT2D eigenvalue weighted by atomic mass is 9.81. The summed E-state index contributed by atoms with van der Waals surface area (Å²) in [5.41, 5.74) is 6.35. The summed E-state index contributed by atoms with van der Waals surface area (Å²) in [6.45, 7) is 0. The van der Waals surface area contributed by atoms with Crippen LogP contribution < -0.4 is 19.7 Å². The number of para-hydroxylation sites is 2. The second-order valence-electron chi connectivity index (χ2n) is 10.5. The first-order valence-corrected chi connectivity index (χ1v) is 14.4. The third-order valence-electron chi connectivity index (χ3n) is 7.95. The molecule has 214 valence electrons. The molecule has 1 aliphatic rings. The van der Waals surface area contributed by atoms with E-state index in [9.17, 15) is 4.79 Å². The van der Waals surface area contributed by atoms with Crippen molar-refractivity contribution in [3.63, 3.8) is 0 Å². The molecule has 0 radical (unpaired) electrons. The Balaban J connectivity index is 1.62. The van der Waals surface area contributed by atoms with Crippen LogP contribution in [-0.4, -0.2) is 20.0 Å². The van der Waals surface area contributed by atoms with Gasteiger partial charge in [0.15, 0.2) is 5.78 Å². The van der Waals surface area contributed by atoms with Gasteiger partial charge < -0.3 is 19.7 Å². The first kappa shape index (κ1) is 27.9. The minimum absolute atomic E-state index is 0.00559. The molecular formula is C38H34N2O3. The zero-order valence-electron chi connectivity index (χ0n) is 24.3. The summed E-state index contributed by atoms with van der Waals surface area (Å²) in [6.07, 6.45) is 0.594. The summed E-state index contributed by atoms with van der Waals surface area (Å²) < 4.78 is 11.0. The Morgan fingerprint density at radius 1 is 0.651 bits per heavy atom. The molecule has 5 aromatic carbocycles. The Morgan fingerprint density at radius 2 is 1.16 bits per heavy atom. The van der Waals surface area contributed by atoms with Crippen molar-refractivity contribution in [2.24, 2.45) is 0 Å². The van der Waals surface area contributed by atoms with Gasteiger partial charge in [0, 0.05) is 34.6 Å². The van der Waals surface area contributed by atoms with E-state index in [0.717, 1.165) is 39.7 Å². The molecule has 0 saturated carbocycles. The van der Waals surface area contributed by atoms with E-state index in [1.54, 1.807) is 14.2 Å². The van der Waals surface area contributed by atoms with Crippen LogP contribution in [0.2, 0.25) is 0 Å². The number of nitrogens with one attached hydrogen (secondary N) is 1. The molecule has 5 aromatic rings. The van der Waals surface area contributed by atoms with Crippen LogP contribution in [0.15, 0.2) is 151 Å². The molecule has 0 bridgehead atoms. The highest BCUT2D eigenvalue weighted by molar-refractivity contribution is 6.11. The van der Waals surface area contributed by atoms with Gasteiger partial charge in [-0.1, -0.05) is 91.0 Å². The lowest BCUT2D eigenvalue weighted by Crippen LogP contribution is -2.41. The average molecular weight is 567 g/mol. The third kappa shape index (κ3) is 5.88. The van der Waals surface area contributed by atoms with Crippen LogP contribution in [0.4, 0.5) is 11.4 Å². The summed E-state index contributed by atoms with van der Waals surface area (Å²) in [4.78, 5) is 17.0. The largest absolute Gasteiger partial charge is 0.497 e. The van der Waals surface area contributed by atoms with E-state index in [2.05, 4.69) is 46.6 Å². The maximum atomic E-state index is 14.6. The van der Waals surface area contributed by atoms with Gasteiger partial charge in [-0.05, 0) is 59.7 Å². The minimum Gasteiger partial charge on any atom is -0.497 e. The first-order chi connectivity index (χ1) is 21.2. The van der Waals surface area contributed by atoms with Gasteiger partial charge in [-0.2, -0.15) is 0 Å². The quantitative estimate of drug-likeness (QED) is 0.181. The molecule has 0 spiro atoms. The highest BCUT2D eigenvalue weighted by Gasteiger charge is 2.41. The molecule has 2 unspecified atom stereocenters. The number of hydrogen-bond acceptors (Lipinski definition) is 5. The van der Waals surface area contributed by atoms with E-state index >= 15 is 0 Å². The molecule has 5 nitrogen and oxygen atoms in total. The summed E-state index contributed by atoms with van der Waals surface area (Å²) in [6, 6.07) is 45.8. The summed E-state index contributed by atoms with van der Waals surface area (Å²) in [5, 5.41) is 3.68. The molecule has 1 heterocycles. The van der Waals surface area contributed by atoms with E-state index in [-0.39, 0.29) is 11.8 Å². The van der Waals surface area contributed by atoms with Crippen LogP contribution in [0.3, 0.4) is 0 Å². The Morgan fingerprint density at radius 3 is 1.72 bits per heavy atom. The number of rotatable bonds is 9. The highest BCUT2D eigenvalue weighted by atomic mass is 16.5. The van der Waals surface area contributed by atoms with Crippen molar-refractivity contribution in [3.05, 3.63) is 167 Å². The Kier molecular flexibility index (Phi) is 8.23. The van der Waals surface area contributed by atoms with Crippen molar-refractivity contribution in [2.75, 3.05) is 24.4 Å². The summed E-state index contributed by atoms with van der Waals surface area (Å²) in [7, 11) is 3.34. The van der Waals surface area contributed by atoms with Gasteiger partial charge in [0.25, 0.3) is 0 Å². The van der Waals surface area contributed by atoms with Crippen molar-refractivity contribution >= 4 is 17.2 Å². The van der Waals surface area contributed by atoms with E-state index in [4.69, 9.17) is 9.47 Å². The van der Waals surface area contributed by atoms with Gasteiger partial charge in [-0.25, -0.2) is 0 Å². The Bertz CT molecular complexity index is 1680. The normalized spacial score (nSPS) is 16.5. The van der Waals surface area contributed by atoms with Gasteiger partial charge in [0.2, 0.25) is 0 Å². The summed E-state index contributed by atoms with van der Waals surface area (Å²) >= 11 is 0. The molecule has 2 atom stereocenters. The average Bonchev–Trinajstić information content (AvgIpc) is 3.09. The standard InChI is InChI=1S/C38H34N2O3/c1-42-32-22-18-27(19-23-32)35-26-34(39-30-14-8-4-9-15-30)36(38(41)29-12-6-3-7-13-29)37(28-20-24-33(43-2)25-21-28)40(35)31-16-10-5-11-17-31/h3-25,35,37,39H,26H2,1-2H3. The van der Waals surface area contributed by atoms with Gasteiger partial charge >= 0.3 is 0 Å². The number of benzene rings is 5. The fourth-order valence-electron chi connectivity index (χ4n) is 5.85. The second kappa shape index (κ2) is 12.7. The Hall–Kier alpha value is -5.29. The predicted octanol–water partition coefficient (Wildman–Crippen LogP) is 8.65. The van der Waals surface area contributed by atoms with E-state index in [1.807, 2.05) is 103 Å². The van der Waals surface area contributed by atoms with Gasteiger partial charge in [0.1, 0.15) is 11.5 Å². The molecule has 0 saturated heterocycles. The molecule has 1 N–H and O–H groups in total. The number of hydrogen-bond donors (Lipinski definition) is 1. The Labute approximate surface area is 253 Å². The topological polar surface area (TPSA) is 50.8 Å². The van der Waals surface area contributed by atoms with Crippen molar-refractivity contribution in [1.29, 1.82) is 0 Å². The lowest BCUT2D eigenvalue weighted by Gasteiger charge is -2.46. The number of methoxy groups -OCH3 is 2. The van der Waals surface area contributed by atoms with Crippen LogP contribution in [-0.2, 0) is 0 Å². The van der Waals surface area contributed by atoms with Crippen LogP contribution in [0.5, 0.6) is 11.5 Å². The minimum atomic E-state index is -0.395. The molecule has 0 aromatic heterocycles. The van der Waals surface area contributed by atoms with E-state index in [0.29, 0.717) is 17.6 Å². The van der Waals surface area contributed by atoms with Crippen molar-refractivity contribution < 1.29 is 14.3 Å². The third-order valence-corrected chi connectivity index (χ3v) is 7.95. The predicted molar refractivity (Wildman–Crippen MR) is 173 cm³/mol. The fourth-order valence-corrected chi connectivity index (χ4v) is 5.85. The molecule has 43 heavy (non-hydrogen) atoms. The number of ketones is 1. The van der Waals surface area contributed by atoms with Crippen molar-refractivity contribution in [2.45, 2.75) is 18.5 Å². The van der Waals surface area contributed by atoms with Crippen molar-refractivity contribution in [3.8, 4) is 11.5 Å². The molecule has 0 fully saturated rings. The molecule has 6 rings (SSSR count). The second-order valence-corrected chi connectivity index (χ2v) is 10.5. The molecular weight excluding hydrogens is 532 g/mol. The first-order valence-electron chi connectivity index (χ1n) is 14.4. The van der Waals surface area contributed by atoms with Crippen molar-refractivity contribution in [1.82, 2.24) is 0 Å². The number of carbonyl (C=O) groups is 1. The van der Waals surface area contributed by atoms with Crippen LogP contribution in [0, 0.1) is 0 Å². The molecule has 5 heteroatoms. The summed E-state index contributed by atoms with van der Waals surface area (Å²) in [5.74, 6) is 1.56. The lowest BCUT2D eigenvalue weighted by molar-refractivity contribution is 0.102. The number of Topliss-reactive ketones (excluding diaryl/α,β-unsaturated/α-hetero) is 1. The zero-order valence-corrected chi connectivity index (χ0v) is 24.3. The smallest absolute Gasteiger partial charge is 0.193 e. The van der Waals surface area contributed by atoms with E-state index in [1.165, 1.54) is 0 Å². The zero-order chi connectivity index (χ0) is 29.6. The maximum absolute atomic E-state index is 14.6. The van der Waals surface area contributed by atoms with Gasteiger partial charge in [0.05, 0.1) is 26.3 Å². The van der Waals surface area contributed by atoms with Crippen LogP contribution in [0.25, 0.3) is 0 Å². The molecule has 1 aliphatic heterocycles. The SMILES string of the molecule is COc1ccc(C2CC(Nc3ccccc3)=C(C(=O)c3ccccc3)C(c3ccc(OC)cc3)N2c2ccccc2)cc1. The number of ether oxygens (including phenoxy) is 2. The number of anilines is 2. The number of carbonyl (C=O) groups excluding carboxylic acids is 1. The highest BCUT2D eigenvalue weighted by Crippen LogP contribution is 2.49.